The molecule has 0 atom stereocenters. The molecule has 0 heterocycles. The van der Waals surface area contributed by atoms with Gasteiger partial charge in [-0.3, -0.25) is 0 Å². The van der Waals surface area contributed by atoms with Gasteiger partial charge in [0.2, 0.25) is 0 Å². The summed E-state index contributed by atoms with van der Waals surface area (Å²) < 4.78 is 0. The van der Waals surface area contributed by atoms with E-state index in [4.69, 9.17) is 0 Å². The molecule has 0 radical (unpaired) electrons. The summed E-state index contributed by atoms with van der Waals surface area (Å²) in [4.78, 5) is 0. The number of nitrogens with one attached hydrogen (secondary N) is 1. The van der Waals surface area contributed by atoms with E-state index in [0.29, 0.717) is 0 Å². The van der Waals surface area contributed by atoms with Crippen molar-refractivity contribution in [3.63, 3.8) is 0 Å². The molecule has 0 aliphatic heterocycles. The summed E-state index contributed by atoms with van der Waals surface area (Å²) in [6, 6.07) is 17.1. The van der Waals surface area contributed by atoms with Gasteiger partial charge in [-0.2, -0.15) is 0 Å². The number of hydrogen-bond donors (Lipinski definition) is 1. The van der Waals surface area contributed by atoms with Crippen molar-refractivity contribution in [1.29, 1.82) is 0 Å². The molecule has 2 aromatic carbocycles. The highest BCUT2D eigenvalue weighted by Crippen LogP contribution is 2.30. The molecule has 0 aliphatic carbocycles. The van der Waals surface area contributed by atoms with E-state index in [9.17, 15) is 0 Å². The van der Waals surface area contributed by atoms with Crippen molar-refractivity contribution in [2.75, 3.05) is 7.05 Å². The number of hydrogen-bond acceptors (Lipinski definition) is 1. The lowest BCUT2D eigenvalue weighted by atomic mass is 9.91. The maximum atomic E-state index is 4.34. The van der Waals surface area contributed by atoms with E-state index in [1.807, 2.05) is 19.3 Å². The maximum Gasteiger partial charge on any atom is 0.00277 e. The predicted molar refractivity (Wildman–Crippen MR) is 102 cm³/mol. The molecular formula is C22H25N. The molecule has 0 saturated carbocycles. The Morgan fingerprint density at radius 1 is 1.00 bits per heavy atom. The first-order valence-electron chi connectivity index (χ1n) is 7.91. The molecule has 0 spiro atoms. The lowest BCUT2D eigenvalue weighted by molar-refractivity contribution is 1.10. The quantitative estimate of drug-likeness (QED) is 0.694. The van der Waals surface area contributed by atoms with E-state index in [0.717, 1.165) is 5.57 Å². The van der Waals surface area contributed by atoms with Gasteiger partial charge in [0.25, 0.3) is 0 Å². The van der Waals surface area contributed by atoms with E-state index in [1.165, 1.54) is 33.4 Å². The van der Waals surface area contributed by atoms with Crippen molar-refractivity contribution in [3.8, 4) is 11.1 Å². The number of allylic oxidation sites excluding steroid dienone is 4. The summed E-state index contributed by atoms with van der Waals surface area (Å²) in [6.07, 6.45) is 4.02. The van der Waals surface area contributed by atoms with Crippen LogP contribution in [0.3, 0.4) is 0 Å². The van der Waals surface area contributed by atoms with Crippen LogP contribution >= 0.6 is 0 Å². The Balaban J connectivity index is 2.43. The van der Waals surface area contributed by atoms with Crippen LogP contribution in [-0.4, -0.2) is 7.05 Å². The fourth-order valence-corrected chi connectivity index (χ4v) is 2.53. The molecule has 0 fully saturated rings. The Labute approximate surface area is 140 Å². The van der Waals surface area contributed by atoms with Crippen LogP contribution in [0.5, 0.6) is 0 Å². The number of rotatable bonds is 5. The first-order valence-corrected chi connectivity index (χ1v) is 7.91. The molecule has 1 N–H and O–H groups in total. The Morgan fingerprint density at radius 2 is 1.70 bits per heavy atom. The van der Waals surface area contributed by atoms with Gasteiger partial charge < -0.3 is 5.32 Å². The highest BCUT2D eigenvalue weighted by atomic mass is 14.8. The Morgan fingerprint density at radius 3 is 2.35 bits per heavy atom. The first-order chi connectivity index (χ1) is 11.0. The van der Waals surface area contributed by atoms with Crippen LogP contribution in [0, 0.1) is 6.92 Å². The Kier molecular flexibility index (Phi) is 5.59. The summed E-state index contributed by atoms with van der Waals surface area (Å²) in [5, 5.41) is 3.03. The summed E-state index contributed by atoms with van der Waals surface area (Å²) >= 11 is 0. The average molecular weight is 303 g/mol. The fourth-order valence-electron chi connectivity index (χ4n) is 2.53. The summed E-state index contributed by atoms with van der Waals surface area (Å²) in [5.74, 6) is 0. The molecule has 0 bridgehead atoms. The van der Waals surface area contributed by atoms with Crippen LogP contribution in [0.2, 0.25) is 0 Å². The predicted octanol–water partition coefficient (Wildman–Crippen LogP) is 5.74. The first kappa shape index (κ1) is 16.8. The Bertz CT molecular complexity index is 749. The molecule has 118 valence electrons. The minimum Gasteiger partial charge on any atom is -0.394 e. The summed E-state index contributed by atoms with van der Waals surface area (Å²) in [5.41, 5.74) is 8.43. The molecule has 1 heteroatoms. The van der Waals surface area contributed by atoms with Crippen LogP contribution < -0.4 is 5.32 Å². The van der Waals surface area contributed by atoms with Gasteiger partial charge in [0, 0.05) is 7.05 Å². The molecule has 0 unspecified atom stereocenters. The van der Waals surface area contributed by atoms with E-state index < -0.39 is 0 Å². The van der Waals surface area contributed by atoms with Gasteiger partial charge in [0.1, 0.15) is 0 Å². The van der Waals surface area contributed by atoms with Crippen molar-refractivity contribution in [1.82, 2.24) is 5.32 Å². The second-order valence-electron chi connectivity index (χ2n) is 5.80. The van der Waals surface area contributed by atoms with Gasteiger partial charge in [-0.15, -0.1) is 0 Å². The van der Waals surface area contributed by atoms with E-state index >= 15 is 0 Å². The molecular weight excluding hydrogens is 278 g/mol. The SMILES string of the molecule is C=C(/C(C)=C(C)\C=C/NC)c1cc(-c2ccccc2)ccc1C. The minimum absolute atomic E-state index is 1.08. The summed E-state index contributed by atoms with van der Waals surface area (Å²) in [6.45, 7) is 10.7. The average Bonchev–Trinajstić information content (AvgIpc) is 2.59. The molecule has 2 aromatic rings. The molecule has 0 aromatic heterocycles. The third-order valence-electron chi connectivity index (χ3n) is 4.21. The minimum atomic E-state index is 1.08. The zero-order valence-electron chi connectivity index (χ0n) is 14.5. The second kappa shape index (κ2) is 7.64. The van der Waals surface area contributed by atoms with Crippen molar-refractivity contribution in [2.24, 2.45) is 0 Å². The third-order valence-corrected chi connectivity index (χ3v) is 4.21. The van der Waals surface area contributed by atoms with Gasteiger partial charge in [-0.05, 0) is 78.1 Å². The van der Waals surface area contributed by atoms with Crippen LogP contribution in [0.1, 0.15) is 25.0 Å². The third kappa shape index (κ3) is 4.01. The van der Waals surface area contributed by atoms with Crippen LogP contribution in [0.4, 0.5) is 0 Å². The lowest BCUT2D eigenvalue weighted by Crippen LogP contribution is -1.95. The molecule has 0 saturated heterocycles. The zero-order valence-corrected chi connectivity index (χ0v) is 14.5. The van der Waals surface area contributed by atoms with Crippen LogP contribution in [0.25, 0.3) is 16.7 Å². The van der Waals surface area contributed by atoms with Crippen LogP contribution in [-0.2, 0) is 0 Å². The normalized spacial score (nSPS) is 12.2. The maximum absolute atomic E-state index is 4.34. The van der Waals surface area contributed by atoms with Crippen molar-refractivity contribution in [2.45, 2.75) is 20.8 Å². The van der Waals surface area contributed by atoms with E-state index in [-0.39, 0.29) is 0 Å². The monoisotopic (exact) mass is 303 g/mol. The molecule has 23 heavy (non-hydrogen) atoms. The summed E-state index contributed by atoms with van der Waals surface area (Å²) in [7, 11) is 1.90. The fraction of sp³-hybridized carbons (Fsp3) is 0.182. The van der Waals surface area contributed by atoms with Gasteiger partial charge >= 0.3 is 0 Å². The highest BCUT2D eigenvalue weighted by molar-refractivity contribution is 5.82. The zero-order chi connectivity index (χ0) is 16.8. The van der Waals surface area contributed by atoms with Crippen LogP contribution in [0.15, 0.2) is 78.5 Å². The van der Waals surface area contributed by atoms with Gasteiger partial charge in [-0.25, -0.2) is 0 Å². The van der Waals surface area contributed by atoms with Crippen molar-refractivity contribution < 1.29 is 0 Å². The van der Waals surface area contributed by atoms with Crippen molar-refractivity contribution in [3.05, 3.63) is 89.7 Å². The molecule has 1 nitrogen and oxygen atoms in total. The molecule has 0 aliphatic rings. The Hall–Kier alpha value is -2.54. The number of aryl methyl sites for hydroxylation is 1. The molecule has 0 amide bonds. The smallest absolute Gasteiger partial charge is 0.00277 e. The number of benzene rings is 2. The largest absolute Gasteiger partial charge is 0.394 e. The highest BCUT2D eigenvalue weighted by Gasteiger charge is 2.08. The molecule has 2 rings (SSSR count). The second-order valence-corrected chi connectivity index (χ2v) is 5.80. The van der Waals surface area contributed by atoms with E-state index in [1.54, 1.807) is 0 Å². The topological polar surface area (TPSA) is 12.0 Å². The van der Waals surface area contributed by atoms with Gasteiger partial charge in [0.05, 0.1) is 0 Å². The van der Waals surface area contributed by atoms with Gasteiger partial charge in [-0.1, -0.05) is 49.0 Å². The lowest BCUT2D eigenvalue weighted by Gasteiger charge is -2.14. The van der Waals surface area contributed by atoms with E-state index in [2.05, 4.69) is 81.2 Å². The standard InChI is InChI=1S/C22H25N/c1-16(13-14-23-5)18(3)19(4)22-15-21(12-11-17(22)2)20-9-7-6-8-10-20/h6-15,23H,4H2,1-3,5H3/b14-13-,18-16-. The van der Waals surface area contributed by atoms with Crippen molar-refractivity contribution >= 4 is 5.57 Å². The van der Waals surface area contributed by atoms with Gasteiger partial charge in [0.15, 0.2) is 0 Å².